The quantitative estimate of drug-likeness (QED) is 0.882. The average molecular weight is 355 g/mol. The van der Waals surface area contributed by atoms with Crippen molar-refractivity contribution in [2.24, 2.45) is 5.73 Å². The van der Waals surface area contributed by atoms with Crippen molar-refractivity contribution in [1.82, 2.24) is 0 Å². The fourth-order valence-electron chi connectivity index (χ4n) is 1.97. The summed E-state index contributed by atoms with van der Waals surface area (Å²) < 4.78 is 28.1. The molecule has 0 aromatic heterocycles. The number of carbonyl (C=O) groups excluding carboxylic acids is 1. The highest BCUT2D eigenvalue weighted by atomic mass is 79.9. The van der Waals surface area contributed by atoms with Crippen LogP contribution in [0.1, 0.15) is 12.5 Å². The number of halogens is 3. The summed E-state index contributed by atoms with van der Waals surface area (Å²) in [5.41, 5.74) is 4.22. The second-order valence-electron chi connectivity index (χ2n) is 4.72. The van der Waals surface area contributed by atoms with Crippen molar-refractivity contribution in [2.75, 3.05) is 5.32 Å². The molecule has 3 N–H and O–H groups in total. The lowest BCUT2D eigenvalue weighted by Crippen LogP contribution is -2.46. The van der Waals surface area contributed by atoms with Gasteiger partial charge in [0.1, 0.15) is 17.2 Å². The Morgan fingerprint density at radius 2 is 1.90 bits per heavy atom. The summed E-state index contributed by atoms with van der Waals surface area (Å²) in [7, 11) is 0. The van der Waals surface area contributed by atoms with Crippen LogP contribution in [-0.2, 0) is 10.3 Å². The van der Waals surface area contributed by atoms with Gasteiger partial charge in [-0.3, -0.25) is 4.79 Å². The maximum absolute atomic E-state index is 14.0. The molecule has 1 amide bonds. The third kappa shape index (κ3) is 3.05. The van der Waals surface area contributed by atoms with E-state index < -0.39 is 23.1 Å². The molecule has 0 aliphatic heterocycles. The molecule has 0 radical (unpaired) electrons. The largest absolute Gasteiger partial charge is 0.367 e. The summed E-state index contributed by atoms with van der Waals surface area (Å²) >= 11 is 3.32. The Morgan fingerprint density at radius 1 is 1.24 bits per heavy atom. The van der Waals surface area contributed by atoms with Crippen LogP contribution in [0.25, 0.3) is 0 Å². The van der Waals surface area contributed by atoms with Crippen LogP contribution < -0.4 is 11.1 Å². The molecule has 1 atom stereocenters. The maximum atomic E-state index is 14.0. The van der Waals surface area contributed by atoms with Crippen molar-refractivity contribution >= 4 is 27.5 Å². The molecule has 21 heavy (non-hydrogen) atoms. The van der Waals surface area contributed by atoms with Gasteiger partial charge in [-0.2, -0.15) is 0 Å². The van der Waals surface area contributed by atoms with Crippen molar-refractivity contribution in [2.45, 2.75) is 12.5 Å². The monoisotopic (exact) mass is 354 g/mol. The van der Waals surface area contributed by atoms with Crippen LogP contribution in [0.5, 0.6) is 0 Å². The molecule has 2 rings (SSSR count). The minimum Gasteiger partial charge on any atom is -0.367 e. The number of rotatable bonds is 4. The van der Waals surface area contributed by atoms with E-state index in [1.165, 1.54) is 6.92 Å². The lowest BCUT2D eigenvalue weighted by molar-refractivity contribution is -0.122. The van der Waals surface area contributed by atoms with Gasteiger partial charge in [-0.25, -0.2) is 8.78 Å². The van der Waals surface area contributed by atoms with Crippen molar-refractivity contribution in [3.8, 4) is 0 Å². The first-order valence-corrected chi connectivity index (χ1v) is 6.92. The summed E-state index contributed by atoms with van der Waals surface area (Å²) in [5.74, 6) is -2.17. The zero-order chi connectivity index (χ0) is 15.6. The Labute approximate surface area is 129 Å². The van der Waals surface area contributed by atoms with Crippen molar-refractivity contribution in [3.05, 3.63) is 64.1 Å². The van der Waals surface area contributed by atoms with Crippen molar-refractivity contribution in [1.29, 1.82) is 0 Å². The van der Waals surface area contributed by atoms with E-state index in [1.807, 2.05) is 0 Å². The number of benzene rings is 2. The Balaban J connectivity index is 2.53. The number of nitrogens with two attached hydrogens (primary N) is 1. The predicted octanol–water partition coefficient (Wildman–Crippen LogP) is 3.54. The molecule has 0 bridgehead atoms. The molecule has 0 fully saturated rings. The molecular formula is C15H13BrF2N2O. The average Bonchev–Trinajstić information content (AvgIpc) is 2.43. The first-order valence-electron chi connectivity index (χ1n) is 6.13. The molecule has 0 saturated heterocycles. The normalized spacial score (nSPS) is 13.5. The number of anilines is 1. The van der Waals surface area contributed by atoms with E-state index in [0.29, 0.717) is 10.2 Å². The zero-order valence-electron chi connectivity index (χ0n) is 11.2. The topological polar surface area (TPSA) is 55.1 Å². The van der Waals surface area contributed by atoms with Crippen molar-refractivity contribution in [3.63, 3.8) is 0 Å². The molecule has 110 valence electrons. The van der Waals surface area contributed by atoms with Crippen LogP contribution in [0.4, 0.5) is 14.5 Å². The molecular weight excluding hydrogens is 342 g/mol. The first kappa shape index (κ1) is 15.4. The highest BCUT2D eigenvalue weighted by Crippen LogP contribution is 2.32. The van der Waals surface area contributed by atoms with Gasteiger partial charge in [0.15, 0.2) is 0 Å². The summed E-state index contributed by atoms with van der Waals surface area (Å²) in [6, 6.07) is 9.90. The molecule has 2 aromatic rings. The summed E-state index contributed by atoms with van der Waals surface area (Å²) in [6.07, 6.45) is 0. The van der Waals surface area contributed by atoms with Crippen LogP contribution in [0.2, 0.25) is 0 Å². The summed E-state index contributed by atoms with van der Waals surface area (Å²) in [5, 5.41) is 2.88. The van der Waals surface area contributed by atoms with Crippen LogP contribution >= 0.6 is 15.9 Å². The van der Waals surface area contributed by atoms with Gasteiger partial charge in [-0.05, 0) is 53.2 Å². The molecule has 0 spiro atoms. The third-order valence-corrected chi connectivity index (χ3v) is 3.91. The number of carbonyl (C=O) groups is 1. The fourth-order valence-corrected chi connectivity index (χ4v) is 2.36. The molecule has 1 unspecified atom stereocenters. The molecule has 0 aliphatic rings. The number of hydrogen-bond acceptors (Lipinski definition) is 2. The van der Waals surface area contributed by atoms with Gasteiger partial charge in [-0.1, -0.05) is 12.1 Å². The van der Waals surface area contributed by atoms with E-state index in [-0.39, 0.29) is 5.56 Å². The van der Waals surface area contributed by atoms with Gasteiger partial charge in [0, 0.05) is 15.7 Å². The number of para-hydroxylation sites is 1. The molecule has 0 aliphatic carbocycles. The van der Waals surface area contributed by atoms with Gasteiger partial charge in [0.25, 0.3) is 0 Å². The smallest absolute Gasteiger partial charge is 0.247 e. The Morgan fingerprint density at radius 3 is 2.52 bits per heavy atom. The first-order chi connectivity index (χ1) is 9.84. The highest BCUT2D eigenvalue weighted by Gasteiger charge is 2.36. The van der Waals surface area contributed by atoms with E-state index in [0.717, 1.165) is 18.2 Å². The molecule has 2 aromatic carbocycles. The van der Waals surface area contributed by atoms with Gasteiger partial charge in [0.05, 0.1) is 0 Å². The van der Waals surface area contributed by atoms with Crippen LogP contribution in [0.3, 0.4) is 0 Å². The van der Waals surface area contributed by atoms with Crippen LogP contribution in [0.15, 0.2) is 46.9 Å². The van der Waals surface area contributed by atoms with Crippen LogP contribution in [-0.4, -0.2) is 5.91 Å². The minimum absolute atomic E-state index is 0.147. The van der Waals surface area contributed by atoms with Crippen molar-refractivity contribution < 1.29 is 13.6 Å². The van der Waals surface area contributed by atoms with Gasteiger partial charge in [0.2, 0.25) is 5.91 Å². The van der Waals surface area contributed by atoms with E-state index in [9.17, 15) is 13.6 Å². The molecule has 3 nitrogen and oxygen atoms in total. The Kier molecular flexibility index (Phi) is 4.27. The minimum atomic E-state index is -1.59. The lowest BCUT2D eigenvalue weighted by Gasteiger charge is -2.30. The predicted molar refractivity (Wildman–Crippen MR) is 80.7 cm³/mol. The molecule has 0 heterocycles. The zero-order valence-corrected chi connectivity index (χ0v) is 12.7. The number of primary amides is 1. The lowest BCUT2D eigenvalue weighted by atomic mass is 9.90. The Bertz CT molecular complexity index is 693. The van der Waals surface area contributed by atoms with Gasteiger partial charge < -0.3 is 11.1 Å². The second kappa shape index (κ2) is 5.81. The Hall–Kier alpha value is -1.95. The third-order valence-electron chi connectivity index (χ3n) is 3.22. The van der Waals surface area contributed by atoms with Gasteiger partial charge in [-0.15, -0.1) is 0 Å². The number of nitrogens with one attached hydrogen (secondary N) is 1. The SMILES string of the molecule is CC(Nc1ccccc1Br)(C(N)=O)c1cc(F)ccc1F. The second-order valence-corrected chi connectivity index (χ2v) is 5.57. The number of hydrogen-bond donors (Lipinski definition) is 2. The molecule has 0 saturated carbocycles. The van der Waals surface area contributed by atoms with E-state index in [1.54, 1.807) is 24.3 Å². The van der Waals surface area contributed by atoms with E-state index in [4.69, 9.17) is 5.73 Å². The number of amides is 1. The van der Waals surface area contributed by atoms with Crippen LogP contribution in [0, 0.1) is 11.6 Å². The maximum Gasteiger partial charge on any atom is 0.247 e. The highest BCUT2D eigenvalue weighted by molar-refractivity contribution is 9.10. The summed E-state index contributed by atoms with van der Waals surface area (Å²) in [4.78, 5) is 11.9. The van der Waals surface area contributed by atoms with E-state index >= 15 is 0 Å². The molecule has 6 heteroatoms. The standard InChI is InChI=1S/C15H13BrF2N2O/c1-15(14(19)21,10-8-9(17)6-7-12(10)18)20-13-5-3-2-4-11(13)16/h2-8,20H,1H3,(H2,19,21). The van der Waals surface area contributed by atoms with Gasteiger partial charge >= 0.3 is 0 Å². The van der Waals surface area contributed by atoms with E-state index in [2.05, 4.69) is 21.2 Å². The summed E-state index contributed by atoms with van der Waals surface area (Å²) in [6.45, 7) is 1.41. The fraction of sp³-hybridized carbons (Fsp3) is 0.133.